The normalized spacial score (nSPS) is 27.2. The fourth-order valence-corrected chi connectivity index (χ4v) is 1.53. The van der Waals surface area contributed by atoms with Crippen molar-refractivity contribution in [1.29, 1.82) is 0 Å². The predicted octanol–water partition coefficient (Wildman–Crippen LogP) is -0.201. The molecule has 1 fully saturated rings. The molecular weight excluding hydrogens is 166 g/mol. The Morgan fingerprint density at radius 3 is 3.08 bits per heavy atom. The van der Waals surface area contributed by atoms with Crippen LogP contribution in [0.3, 0.4) is 0 Å². The van der Waals surface area contributed by atoms with E-state index in [-0.39, 0.29) is 12.1 Å². The summed E-state index contributed by atoms with van der Waals surface area (Å²) in [5.41, 5.74) is 5.04. The van der Waals surface area contributed by atoms with Crippen molar-refractivity contribution >= 4 is 6.03 Å². The van der Waals surface area contributed by atoms with E-state index in [0.29, 0.717) is 0 Å². The summed E-state index contributed by atoms with van der Waals surface area (Å²) in [5, 5.41) is 5.96. The highest BCUT2D eigenvalue weighted by Gasteiger charge is 2.20. The summed E-state index contributed by atoms with van der Waals surface area (Å²) in [6, 6.07) is -0.0877. The number of piperidine rings is 1. The number of carbonyl (C=O) groups excluding carboxylic acids is 1. The van der Waals surface area contributed by atoms with Crippen LogP contribution < -0.4 is 16.4 Å². The largest absolute Gasteiger partial charge is 0.352 e. The van der Waals surface area contributed by atoms with Crippen LogP contribution >= 0.6 is 0 Å². The van der Waals surface area contributed by atoms with E-state index in [2.05, 4.69) is 22.5 Å². The molecule has 2 amide bonds. The van der Waals surface area contributed by atoms with Crippen LogP contribution in [-0.4, -0.2) is 24.7 Å². The Hall–Kier alpha value is -1.21. The van der Waals surface area contributed by atoms with Gasteiger partial charge in [-0.25, -0.2) is 4.79 Å². The van der Waals surface area contributed by atoms with E-state index in [1.54, 1.807) is 0 Å². The van der Waals surface area contributed by atoms with Crippen molar-refractivity contribution in [2.75, 3.05) is 6.54 Å². The average molecular weight is 181 g/mol. The minimum Gasteiger partial charge on any atom is -0.352 e. The zero-order valence-electron chi connectivity index (χ0n) is 7.76. The molecule has 2 unspecified atom stereocenters. The molecule has 1 aliphatic heterocycles. The zero-order chi connectivity index (χ0) is 9.68. The second-order valence-electron chi connectivity index (χ2n) is 3.13. The molecule has 4 N–H and O–H groups in total. The molecule has 0 aromatic heterocycles. The van der Waals surface area contributed by atoms with E-state index in [9.17, 15) is 4.79 Å². The maximum atomic E-state index is 10.6. The Labute approximate surface area is 78.3 Å². The molecular formula is C9H15N3O. The fourth-order valence-electron chi connectivity index (χ4n) is 1.53. The van der Waals surface area contributed by atoms with Crippen molar-refractivity contribution in [2.45, 2.75) is 31.8 Å². The Morgan fingerprint density at radius 1 is 1.69 bits per heavy atom. The molecule has 1 heterocycles. The van der Waals surface area contributed by atoms with Gasteiger partial charge in [-0.3, -0.25) is 0 Å². The monoisotopic (exact) mass is 181 g/mol. The highest BCUT2D eigenvalue weighted by atomic mass is 16.2. The highest BCUT2D eigenvalue weighted by molar-refractivity contribution is 5.71. The first-order valence-electron chi connectivity index (χ1n) is 4.44. The molecule has 0 aromatic carbocycles. The van der Waals surface area contributed by atoms with Gasteiger partial charge in [0.05, 0.1) is 6.04 Å². The maximum Gasteiger partial charge on any atom is 0.312 e. The first-order valence-corrected chi connectivity index (χ1v) is 4.44. The molecule has 1 rings (SSSR count). The minimum atomic E-state index is -0.449. The van der Waals surface area contributed by atoms with Gasteiger partial charge in [0, 0.05) is 6.04 Å². The highest BCUT2D eigenvalue weighted by Crippen LogP contribution is 2.07. The number of nitrogens with one attached hydrogen (secondary N) is 2. The van der Waals surface area contributed by atoms with Gasteiger partial charge in [-0.2, -0.15) is 0 Å². The predicted molar refractivity (Wildman–Crippen MR) is 51.0 cm³/mol. The molecule has 0 saturated carbocycles. The molecule has 0 aliphatic carbocycles. The van der Waals surface area contributed by atoms with Gasteiger partial charge in [0.25, 0.3) is 0 Å². The summed E-state index contributed by atoms with van der Waals surface area (Å²) >= 11 is 0. The molecule has 2 atom stereocenters. The number of carbonyl (C=O) groups is 1. The molecule has 0 aromatic rings. The number of urea groups is 1. The summed E-state index contributed by atoms with van der Waals surface area (Å²) in [6.07, 6.45) is 1.76. The fraction of sp³-hybridized carbons (Fsp3) is 0.667. The van der Waals surface area contributed by atoms with Crippen LogP contribution in [0.2, 0.25) is 0 Å². The van der Waals surface area contributed by atoms with Crippen LogP contribution in [0.5, 0.6) is 0 Å². The van der Waals surface area contributed by atoms with Gasteiger partial charge in [0.15, 0.2) is 0 Å². The molecule has 13 heavy (non-hydrogen) atoms. The third-order valence-corrected chi connectivity index (χ3v) is 2.07. The summed E-state index contributed by atoms with van der Waals surface area (Å²) in [7, 11) is 0. The van der Waals surface area contributed by atoms with Gasteiger partial charge >= 0.3 is 6.03 Å². The molecule has 0 spiro atoms. The minimum absolute atomic E-state index is 0.171. The third-order valence-electron chi connectivity index (χ3n) is 2.07. The van der Waals surface area contributed by atoms with E-state index < -0.39 is 6.03 Å². The first-order chi connectivity index (χ1) is 6.22. The smallest absolute Gasteiger partial charge is 0.312 e. The number of nitrogens with two attached hydrogens (primary N) is 1. The molecule has 72 valence electrons. The van der Waals surface area contributed by atoms with Gasteiger partial charge in [0.2, 0.25) is 0 Å². The van der Waals surface area contributed by atoms with Crippen molar-refractivity contribution in [2.24, 2.45) is 5.73 Å². The number of hydrogen-bond donors (Lipinski definition) is 3. The van der Waals surface area contributed by atoms with Crippen molar-refractivity contribution in [1.82, 2.24) is 10.6 Å². The van der Waals surface area contributed by atoms with Gasteiger partial charge in [0.1, 0.15) is 0 Å². The van der Waals surface area contributed by atoms with Crippen LogP contribution in [0, 0.1) is 11.8 Å². The van der Waals surface area contributed by atoms with E-state index in [4.69, 9.17) is 5.73 Å². The molecule has 1 aliphatic rings. The molecule has 4 nitrogen and oxygen atoms in total. The SMILES string of the molecule is CC#CC1CC(NC(N)=O)CCN1. The van der Waals surface area contributed by atoms with Crippen molar-refractivity contribution in [3.05, 3.63) is 0 Å². The van der Waals surface area contributed by atoms with Crippen LogP contribution in [0.1, 0.15) is 19.8 Å². The Morgan fingerprint density at radius 2 is 2.46 bits per heavy atom. The lowest BCUT2D eigenvalue weighted by molar-refractivity contribution is 0.240. The van der Waals surface area contributed by atoms with Crippen LogP contribution in [0.4, 0.5) is 4.79 Å². The van der Waals surface area contributed by atoms with E-state index in [1.807, 2.05) is 6.92 Å². The first kappa shape index (κ1) is 9.87. The number of primary amides is 1. The van der Waals surface area contributed by atoms with Gasteiger partial charge < -0.3 is 16.4 Å². The quantitative estimate of drug-likeness (QED) is 0.490. The summed E-state index contributed by atoms with van der Waals surface area (Å²) < 4.78 is 0. The maximum absolute atomic E-state index is 10.6. The van der Waals surface area contributed by atoms with Crippen LogP contribution in [-0.2, 0) is 0 Å². The standard InChI is InChI=1S/C9H15N3O/c1-2-3-7-6-8(4-5-11-7)12-9(10)13/h7-8,11H,4-6H2,1H3,(H3,10,12,13). The second kappa shape index (κ2) is 4.73. The lowest BCUT2D eigenvalue weighted by Gasteiger charge is -2.27. The zero-order valence-corrected chi connectivity index (χ0v) is 7.76. The summed E-state index contributed by atoms with van der Waals surface area (Å²) in [4.78, 5) is 10.6. The van der Waals surface area contributed by atoms with Crippen LogP contribution in [0.25, 0.3) is 0 Å². The number of rotatable bonds is 1. The topological polar surface area (TPSA) is 67.1 Å². The van der Waals surface area contributed by atoms with E-state index >= 15 is 0 Å². The van der Waals surface area contributed by atoms with Gasteiger partial charge in [-0.15, -0.1) is 5.92 Å². The van der Waals surface area contributed by atoms with Crippen LogP contribution in [0.15, 0.2) is 0 Å². The lowest BCUT2D eigenvalue weighted by Crippen LogP contribution is -2.48. The molecule has 4 heteroatoms. The third kappa shape index (κ3) is 3.34. The average Bonchev–Trinajstić information content (AvgIpc) is 2.04. The van der Waals surface area contributed by atoms with Crippen molar-refractivity contribution in [3.63, 3.8) is 0 Å². The molecule has 0 bridgehead atoms. The lowest BCUT2D eigenvalue weighted by atomic mass is 10.00. The Bertz CT molecular complexity index is 241. The number of hydrogen-bond acceptors (Lipinski definition) is 2. The molecule has 0 radical (unpaired) electrons. The Kier molecular flexibility index (Phi) is 3.59. The Balaban J connectivity index is 2.40. The molecule has 1 saturated heterocycles. The van der Waals surface area contributed by atoms with Gasteiger partial charge in [-0.05, 0) is 26.3 Å². The van der Waals surface area contributed by atoms with E-state index in [1.165, 1.54) is 0 Å². The summed E-state index contributed by atoms with van der Waals surface area (Å²) in [6.45, 7) is 2.69. The van der Waals surface area contributed by atoms with Crippen molar-refractivity contribution < 1.29 is 4.79 Å². The summed E-state index contributed by atoms with van der Waals surface area (Å²) in [5.74, 6) is 5.89. The number of amides is 2. The second-order valence-corrected chi connectivity index (χ2v) is 3.13. The van der Waals surface area contributed by atoms with E-state index in [0.717, 1.165) is 19.4 Å². The van der Waals surface area contributed by atoms with Gasteiger partial charge in [-0.1, -0.05) is 5.92 Å². The van der Waals surface area contributed by atoms with Crippen molar-refractivity contribution in [3.8, 4) is 11.8 Å².